The highest BCUT2D eigenvalue weighted by atomic mass is 35.5. The number of amides is 2. The van der Waals surface area contributed by atoms with Crippen molar-refractivity contribution in [1.82, 2.24) is 24.9 Å². The van der Waals surface area contributed by atoms with E-state index in [1.54, 1.807) is 24.0 Å². The second-order valence-electron chi connectivity index (χ2n) is 10.4. The molecular weight excluding hydrogens is 580 g/mol. The van der Waals surface area contributed by atoms with Crippen LogP contribution in [-0.4, -0.2) is 59.6 Å². The van der Waals surface area contributed by atoms with Gasteiger partial charge in [0.25, 0.3) is 11.8 Å². The molecule has 2 amide bonds. The van der Waals surface area contributed by atoms with Gasteiger partial charge in [-0.05, 0) is 49.9 Å². The fourth-order valence-electron chi connectivity index (χ4n) is 5.22. The molecule has 0 radical (unpaired) electrons. The molecular formula is C28H31ClN8O4S. The van der Waals surface area contributed by atoms with Crippen molar-refractivity contribution in [3.05, 3.63) is 76.6 Å². The van der Waals surface area contributed by atoms with Crippen LogP contribution in [0.5, 0.6) is 0 Å². The molecule has 0 saturated carbocycles. The normalized spacial score (nSPS) is 17.1. The van der Waals surface area contributed by atoms with Crippen LogP contribution in [-0.2, 0) is 10.0 Å². The Hall–Kier alpha value is -4.07. The summed E-state index contributed by atoms with van der Waals surface area (Å²) in [6, 6.07) is 14.9. The van der Waals surface area contributed by atoms with Gasteiger partial charge < -0.3 is 21.7 Å². The van der Waals surface area contributed by atoms with Gasteiger partial charge in [0.2, 0.25) is 10.0 Å². The van der Waals surface area contributed by atoms with Crippen LogP contribution in [0.3, 0.4) is 0 Å². The zero-order valence-electron chi connectivity index (χ0n) is 22.9. The van der Waals surface area contributed by atoms with Gasteiger partial charge in [-0.3, -0.25) is 14.6 Å². The van der Waals surface area contributed by atoms with Gasteiger partial charge in [0.15, 0.2) is 22.5 Å². The van der Waals surface area contributed by atoms with Gasteiger partial charge in [-0.1, -0.05) is 48.0 Å². The zero-order valence-corrected chi connectivity index (χ0v) is 24.5. The van der Waals surface area contributed by atoms with Crippen LogP contribution in [0.2, 0.25) is 5.15 Å². The highest BCUT2D eigenvalue weighted by Gasteiger charge is 2.40. The molecule has 1 atom stereocenters. The number of sulfonamides is 1. The van der Waals surface area contributed by atoms with E-state index in [-0.39, 0.29) is 33.3 Å². The molecule has 2 aromatic carbocycles. The number of hydrogen-bond donors (Lipinski definition) is 4. The molecule has 1 fully saturated rings. The molecule has 0 aliphatic carbocycles. The van der Waals surface area contributed by atoms with Crippen molar-refractivity contribution in [2.75, 3.05) is 24.6 Å². The van der Waals surface area contributed by atoms with Crippen molar-refractivity contribution in [2.45, 2.75) is 49.1 Å². The Balaban J connectivity index is 1.21. The van der Waals surface area contributed by atoms with E-state index in [4.69, 9.17) is 28.1 Å². The molecule has 14 heteroatoms. The van der Waals surface area contributed by atoms with Gasteiger partial charge in [-0.25, -0.2) is 23.1 Å². The van der Waals surface area contributed by atoms with E-state index in [9.17, 15) is 18.0 Å². The summed E-state index contributed by atoms with van der Waals surface area (Å²) in [6.45, 7) is 2.65. The average molecular weight is 611 g/mol. The highest BCUT2D eigenvalue weighted by molar-refractivity contribution is 7.89. The van der Waals surface area contributed by atoms with Gasteiger partial charge in [-0.15, -0.1) is 0 Å². The fourth-order valence-corrected chi connectivity index (χ4v) is 6.62. The maximum Gasteiger partial charge on any atom is 0.279 e. The largest absolute Gasteiger partial charge is 0.382 e. The Kier molecular flexibility index (Phi) is 8.17. The molecule has 1 saturated heterocycles. The van der Waals surface area contributed by atoms with Crippen LogP contribution in [0.4, 0.5) is 11.6 Å². The lowest BCUT2D eigenvalue weighted by atomic mass is 9.86. The molecule has 1 unspecified atom stereocenters. The van der Waals surface area contributed by atoms with Crippen molar-refractivity contribution in [3.8, 4) is 0 Å². The monoisotopic (exact) mass is 610 g/mol. The van der Waals surface area contributed by atoms with Crippen molar-refractivity contribution < 1.29 is 18.0 Å². The van der Waals surface area contributed by atoms with E-state index in [2.05, 4.69) is 20.0 Å². The van der Waals surface area contributed by atoms with Crippen LogP contribution in [0, 0.1) is 0 Å². The number of anilines is 2. The third kappa shape index (κ3) is 6.22. The topological polar surface area (TPSA) is 186 Å². The second kappa shape index (κ2) is 11.7. The number of nitrogens with zero attached hydrogens (tertiary/aromatic N) is 4. The van der Waals surface area contributed by atoms with Crippen LogP contribution < -0.4 is 21.5 Å². The van der Waals surface area contributed by atoms with Crippen LogP contribution in [0.15, 0.2) is 64.5 Å². The summed E-state index contributed by atoms with van der Waals surface area (Å²) >= 11 is 5.89. The molecule has 12 nitrogen and oxygen atoms in total. The maximum atomic E-state index is 13.3. The van der Waals surface area contributed by atoms with E-state index < -0.39 is 27.5 Å². The molecule has 1 spiro atoms. The van der Waals surface area contributed by atoms with Gasteiger partial charge in [0.05, 0.1) is 10.4 Å². The summed E-state index contributed by atoms with van der Waals surface area (Å²) < 4.78 is 28.8. The molecule has 2 aliphatic heterocycles. The minimum absolute atomic E-state index is 0.0260. The Morgan fingerprint density at radius 2 is 1.71 bits per heavy atom. The lowest BCUT2D eigenvalue weighted by molar-refractivity contribution is 0.0672. The second-order valence-corrected chi connectivity index (χ2v) is 12.5. The minimum Gasteiger partial charge on any atom is -0.382 e. The van der Waals surface area contributed by atoms with Crippen molar-refractivity contribution in [3.63, 3.8) is 0 Å². The number of piperidine rings is 1. The lowest BCUT2D eigenvalue weighted by Crippen LogP contribution is -2.45. The van der Waals surface area contributed by atoms with E-state index in [0.29, 0.717) is 50.2 Å². The number of halogens is 1. The molecule has 6 N–H and O–H groups in total. The first kappa shape index (κ1) is 29.4. The quantitative estimate of drug-likeness (QED) is 0.328. The van der Waals surface area contributed by atoms with Crippen LogP contribution >= 0.6 is 11.6 Å². The predicted octanol–water partition coefficient (Wildman–Crippen LogP) is 2.93. The number of carbonyl (C=O) groups excluding carboxylic acids is 2. The summed E-state index contributed by atoms with van der Waals surface area (Å²) in [7, 11) is -3.86. The summed E-state index contributed by atoms with van der Waals surface area (Å²) in [6.07, 6.45) is 2.46. The molecule has 5 rings (SSSR count). The standard InChI is InChI=1S/C28H31ClN8O4S/c1-17(18-6-3-2-4-7-18)36-42(40,41)20-9-5-8-19(16-20)27(39)37-14-12-28(13-15-37)11-10-21(35-28)32-26(38)22-24(30)34-25(31)23(29)33-22/h2-9,16-17,36H,10-15H2,1H3,(H4,30,31,34)(H,32,35,38). The molecule has 1 aromatic heterocycles. The van der Waals surface area contributed by atoms with E-state index >= 15 is 0 Å². The summed E-state index contributed by atoms with van der Waals surface area (Å²) in [5, 5.41) is 2.63. The predicted molar refractivity (Wildman–Crippen MR) is 159 cm³/mol. The first-order valence-corrected chi connectivity index (χ1v) is 15.3. The number of aromatic nitrogens is 2. The van der Waals surface area contributed by atoms with Gasteiger partial charge in [0.1, 0.15) is 5.84 Å². The number of nitrogens with one attached hydrogen (secondary N) is 2. The highest BCUT2D eigenvalue weighted by Crippen LogP contribution is 2.36. The summed E-state index contributed by atoms with van der Waals surface area (Å²) in [4.78, 5) is 40.3. The minimum atomic E-state index is -3.86. The zero-order chi connectivity index (χ0) is 30.1. The van der Waals surface area contributed by atoms with Crippen LogP contribution in [0.25, 0.3) is 0 Å². The number of benzene rings is 2. The number of amidine groups is 1. The third-order valence-electron chi connectivity index (χ3n) is 7.58. The van der Waals surface area contributed by atoms with Gasteiger partial charge >= 0.3 is 0 Å². The van der Waals surface area contributed by atoms with Crippen molar-refractivity contribution in [2.24, 2.45) is 4.99 Å². The number of likely N-dealkylation sites (tertiary alicyclic amines) is 1. The number of nitrogen functional groups attached to an aromatic ring is 2. The molecule has 42 heavy (non-hydrogen) atoms. The lowest BCUT2D eigenvalue weighted by Gasteiger charge is -2.37. The number of aliphatic imine (C=N–C) groups is 1. The number of rotatable bonds is 6. The molecule has 220 valence electrons. The Labute approximate surface area is 248 Å². The molecule has 0 bridgehead atoms. The Morgan fingerprint density at radius 1 is 1.00 bits per heavy atom. The Morgan fingerprint density at radius 3 is 2.43 bits per heavy atom. The SMILES string of the molecule is CC(NS(=O)(=O)c1cccc(C(=O)N2CCC3(CCC(NC(=O)c4nc(Cl)c(N)nc4N)=N3)CC2)c1)c1ccccc1. The van der Waals surface area contributed by atoms with Crippen molar-refractivity contribution >= 4 is 50.9 Å². The third-order valence-corrected chi connectivity index (χ3v) is 9.40. The van der Waals surface area contributed by atoms with Gasteiger partial charge in [0, 0.05) is 31.1 Å². The van der Waals surface area contributed by atoms with Crippen molar-refractivity contribution in [1.29, 1.82) is 0 Å². The smallest absolute Gasteiger partial charge is 0.279 e. The number of nitrogens with two attached hydrogens (primary N) is 2. The number of hydrogen-bond acceptors (Lipinski definition) is 9. The van der Waals surface area contributed by atoms with Gasteiger partial charge in [-0.2, -0.15) is 0 Å². The maximum absolute atomic E-state index is 13.3. The van der Waals surface area contributed by atoms with E-state index in [0.717, 1.165) is 5.56 Å². The fraction of sp³-hybridized carbons (Fsp3) is 0.321. The molecule has 2 aliphatic rings. The average Bonchev–Trinajstić information content (AvgIpc) is 3.36. The first-order valence-electron chi connectivity index (χ1n) is 13.4. The summed E-state index contributed by atoms with van der Waals surface area (Å²) in [5.74, 6) is -0.514. The summed E-state index contributed by atoms with van der Waals surface area (Å²) in [5.41, 5.74) is 12.0. The van der Waals surface area contributed by atoms with E-state index in [1.807, 2.05) is 30.3 Å². The molecule has 3 heterocycles. The Bertz CT molecular complexity index is 1660. The van der Waals surface area contributed by atoms with Crippen LogP contribution in [0.1, 0.15) is 65.1 Å². The molecule has 3 aromatic rings. The van der Waals surface area contributed by atoms with E-state index in [1.165, 1.54) is 12.1 Å². The number of carbonyl (C=O) groups is 2. The first-order chi connectivity index (χ1) is 20.0.